The van der Waals surface area contributed by atoms with E-state index < -0.39 is 0 Å². The van der Waals surface area contributed by atoms with Crippen LogP contribution in [0.3, 0.4) is 0 Å². The Bertz CT molecular complexity index is 939. The zero-order chi connectivity index (χ0) is 20.1. The first-order valence-corrected chi connectivity index (χ1v) is 9.83. The zero-order valence-electron chi connectivity index (χ0n) is 16.2. The van der Waals surface area contributed by atoms with Crippen LogP contribution < -0.4 is 10.1 Å². The lowest BCUT2D eigenvalue weighted by Crippen LogP contribution is -2.34. The number of aromatic amines is 1. The number of ether oxygens (including phenoxy) is 1. The molecule has 2 heterocycles. The van der Waals surface area contributed by atoms with E-state index in [1.807, 2.05) is 44.4 Å². The fourth-order valence-corrected chi connectivity index (χ4v) is 3.33. The van der Waals surface area contributed by atoms with Gasteiger partial charge in [0.25, 0.3) is 0 Å². The quantitative estimate of drug-likeness (QED) is 0.556. The van der Waals surface area contributed by atoms with Gasteiger partial charge in [-0.25, -0.2) is 9.97 Å². The van der Waals surface area contributed by atoms with Crippen LogP contribution in [0.2, 0.25) is 0 Å². The van der Waals surface area contributed by atoms with Gasteiger partial charge in [0.15, 0.2) is 5.65 Å². The number of H-pyrrole nitrogens is 1. The maximum absolute atomic E-state index is 12.3. The molecule has 7 nitrogen and oxygen atoms in total. The summed E-state index contributed by atoms with van der Waals surface area (Å²) in [7, 11) is 5.65. The van der Waals surface area contributed by atoms with E-state index in [0.29, 0.717) is 25.0 Å². The van der Waals surface area contributed by atoms with Crippen LogP contribution in [0.1, 0.15) is 23.9 Å². The molecule has 0 fully saturated rings. The van der Waals surface area contributed by atoms with Gasteiger partial charge >= 0.3 is 0 Å². The maximum Gasteiger partial charge on any atom is 0.220 e. The number of methoxy groups -OCH3 is 1. The molecule has 1 atom stereocenters. The van der Waals surface area contributed by atoms with Crippen LogP contribution >= 0.6 is 15.9 Å². The molecule has 2 N–H and O–H groups in total. The van der Waals surface area contributed by atoms with Gasteiger partial charge in [-0.05, 0) is 53.8 Å². The van der Waals surface area contributed by atoms with Crippen LogP contribution in [-0.2, 0) is 11.2 Å². The number of carbonyl (C=O) groups is 1. The topological polar surface area (TPSA) is 83.1 Å². The highest BCUT2D eigenvalue weighted by Crippen LogP contribution is 2.21. The largest absolute Gasteiger partial charge is 0.497 e. The molecule has 1 amide bonds. The van der Waals surface area contributed by atoms with Crippen molar-refractivity contribution in [3.05, 3.63) is 52.4 Å². The average molecular weight is 446 g/mol. The Morgan fingerprint density at radius 3 is 2.75 bits per heavy atom. The van der Waals surface area contributed by atoms with E-state index in [1.165, 1.54) is 0 Å². The molecule has 3 aromatic rings. The van der Waals surface area contributed by atoms with Crippen molar-refractivity contribution in [2.24, 2.45) is 0 Å². The zero-order valence-corrected chi connectivity index (χ0v) is 17.8. The molecule has 0 aliphatic rings. The summed E-state index contributed by atoms with van der Waals surface area (Å²) in [5, 5.41) is 3.03. The number of benzene rings is 1. The Morgan fingerprint density at radius 2 is 2.07 bits per heavy atom. The van der Waals surface area contributed by atoms with E-state index in [1.54, 1.807) is 13.3 Å². The molecule has 1 aromatic carbocycles. The molecule has 1 unspecified atom stereocenters. The van der Waals surface area contributed by atoms with E-state index in [2.05, 4.69) is 41.1 Å². The summed E-state index contributed by atoms with van der Waals surface area (Å²) >= 11 is 3.39. The number of nitrogens with zero attached hydrogens (tertiary/aromatic N) is 3. The minimum atomic E-state index is -0.00467. The van der Waals surface area contributed by atoms with Crippen molar-refractivity contribution < 1.29 is 9.53 Å². The average Bonchev–Trinajstić information content (AvgIpc) is 3.08. The van der Waals surface area contributed by atoms with Crippen LogP contribution in [0, 0.1) is 0 Å². The second-order valence-corrected chi connectivity index (χ2v) is 7.68. The third-order valence-corrected chi connectivity index (χ3v) is 4.99. The highest BCUT2D eigenvalue weighted by molar-refractivity contribution is 9.10. The Hall–Kier alpha value is -2.45. The minimum absolute atomic E-state index is 0.00467. The number of fused-ring (bicyclic) bond motifs is 1. The van der Waals surface area contributed by atoms with Crippen molar-refractivity contribution in [1.29, 1.82) is 0 Å². The highest BCUT2D eigenvalue weighted by Gasteiger charge is 2.16. The van der Waals surface area contributed by atoms with Crippen LogP contribution in [0.5, 0.6) is 5.75 Å². The lowest BCUT2D eigenvalue weighted by atomic mass is 10.1. The SMILES string of the molecule is COc1ccc(C(CNC(=O)CCc2nc3ncc(Br)cc3[nH]2)N(C)C)cc1. The number of likely N-dealkylation sites (N-methyl/N-ethyl adjacent to an activating group) is 1. The van der Waals surface area contributed by atoms with E-state index in [4.69, 9.17) is 4.74 Å². The standard InChI is InChI=1S/C20H24BrN5O2/c1-26(2)17(13-4-6-15(28-3)7-5-13)12-22-19(27)9-8-18-24-16-10-14(21)11-23-20(16)25-18/h4-7,10-11,17H,8-9,12H2,1-3H3,(H,22,27)(H,23,24,25). The molecule has 0 aliphatic heterocycles. The van der Waals surface area contributed by atoms with Crippen molar-refractivity contribution in [2.45, 2.75) is 18.9 Å². The summed E-state index contributed by atoms with van der Waals surface area (Å²) in [5.41, 5.74) is 2.64. The molecule has 0 bridgehead atoms. The summed E-state index contributed by atoms with van der Waals surface area (Å²) in [6.45, 7) is 0.535. The lowest BCUT2D eigenvalue weighted by Gasteiger charge is -2.25. The van der Waals surface area contributed by atoms with E-state index >= 15 is 0 Å². The van der Waals surface area contributed by atoms with E-state index in [-0.39, 0.29) is 11.9 Å². The van der Waals surface area contributed by atoms with Gasteiger partial charge in [0.05, 0.1) is 18.7 Å². The van der Waals surface area contributed by atoms with Crippen LogP contribution in [0.25, 0.3) is 11.2 Å². The van der Waals surface area contributed by atoms with Crippen molar-refractivity contribution in [3.63, 3.8) is 0 Å². The van der Waals surface area contributed by atoms with Gasteiger partial charge < -0.3 is 19.9 Å². The number of nitrogens with one attached hydrogen (secondary N) is 2. The summed E-state index contributed by atoms with van der Waals surface area (Å²) in [4.78, 5) is 26.3. The third-order valence-electron chi connectivity index (χ3n) is 4.56. The number of hydrogen-bond acceptors (Lipinski definition) is 5. The van der Waals surface area contributed by atoms with Crippen LogP contribution in [0.15, 0.2) is 41.0 Å². The van der Waals surface area contributed by atoms with E-state index in [0.717, 1.165) is 27.1 Å². The summed E-state index contributed by atoms with van der Waals surface area (Å²) in [6, 6.07) is 9.92. The van der Waals surface area contributed by atoms with Crippen molar-refractivity contribution in [3.8, 4) is 5.75 Å². The molecular weight excluding hydrogens is 422 g/mol. The Kier molecular flexibility index (Phi) is 6.64. The summed E-state index contributed by atoms with van der Waals surface area (Å²) < 4.78 is 6.10. The third kappa shape index (κ3) is 5.08. The molecule has 0 saturated carbocycles. The van der Waals surface area contributed by atoms with Gasteiger partial charge in [0, 0.05) is 30.1 Å². The fraction of sp³-hybridized carbons (Fsp3) is 0.350. The predicted octanol–water partition coefficient (Wildman–Crippen LogP) is 3.08. The van der Waals surface area contributed by atoms with Crippen LogP contribution in [0.4, 0.5) is 0 Å². The van der Waals surface area contributed by atoms with E-state index in [9.17, 15) is 4.79 Å². The second-order valence-electron chi connectivity index (χ2n) is 6.76. The lowest BCUT2D eigenvalue weighted by molar-refractivity contribution is -0.121. The highest BCUT2D eigenvalue weighted by atomic mass is 79.9. The van der Waals surface area contributed by atoms with Gasteiger partial charge in [-0.15, -0.1) is 0 Å². The van der Waals surface area contributed by atoms with Gasteiger partial charge in [0.2, 0.25) is 5.91 Å². The van der Waals surface area contributed by atoms with Crippen molar-refractivity contribution in [2.75, 3.05) is 27.7 Å². The number of pyridine rings is 1. The Balaban J connectivity index is 1.55. The molecule has 148 valence electrons. The number of carbonyl (C=O) groups excluding carboxylic acids is 1. The molecule has 8 heteroatoms. The molecule has 0 radical (unpaired) electrons. The van der Waals surface area contributed by atoms with Gasteiger partial charge in [-0.1, -0.05) is 12.1 Å². The molecule has 3 rings (SSSR count). The number of aryl methyl sites for hydroxylation is 1. The van der Waals surface area contributed by atoms with Crippen molar-refractivity contribution >= 4 is 33.0 Å². The number of imidazole rings is 1. The minimum Gasteiger partial charge on any atom is -0.497 e. The number of rotatable bonds is 8. The predicted molar refractivity (Wildman–Crippen MR) is 112 cm³/mol. The normalized spacial score (nSPS) is 12.3. The van der Waals surface area contributed by atoms with Gasteiger partial charge in [0.1, 0.15) is 11.6 Å². The number of hydrogen-bond donors (Lipinski definition) is 2. The van der Waals surface area contributed by atoms with Gasteiger partial charge in [-0.3, -0.25) is 4.79 Å². The first-order valence-electron chi connectivity index (χ1n) is 9.03. The van der Waals surface area contributed by atoms with Crippen molar-refractivity contribution in [1.82, 2.24) is 25.2 Å². The number of aromatic nitrogens is 3. The molecule has 0 spiro atoms. The second kappa shape index (κ2) is 9.16. The first kappa shape index (κ1) is 20.3. The number of amides is 1. The molecule has 0 aliphatic carbocycles. The molecule has 28 heavy (non-hydrogen) atoms. The summed E-state index contributed by atoms with van der Waals surface area (Å²) in [5.74, 6) is 1.57. The Labute approximate surface area is 172 Å². The maximum atomic E-state index is 12.3. The molecule has 0 saturated heterocycles. The molecule has 2 aromatic heterocycles. The smallest absolute Gasteiger partial charge is 0.220 e. The summed E-state index contributed by atoms with van der Waals surface area (Å²) in [6.07, 6.45) is 2.61. The number of halogens is 1. The Morgan fingerprint density at radius 1 is 1.32 bits per heavy atom. The first-order chi connectivity index (χ1) is 13.5. The molecular formula is C20H24BrN5O2. The monoisotopic (exact) mass is 445 g/mol. The van der Waals surface area contributed by atoms with Crippen LogP contribution in [-0.4, -0.2) is 53.5 Å². The fourth-order valence-electron chi connectivity index (χ4n) is 3.00. The van der Waals surface area contributed by atoms with Gasteiger partial charge in [-0.2, -0.15) is 0 Å².